The van der Waals surface area contributed by atoms with Gasteiger partial charge in [0.1, 0.15) is 5.82 Å². The van der Waals surface area contributed by atoms with Gasteiger partial charge in [-0.2, -0.15) is 0 Å². The summed E-state index contributed by atoms with van der Waals surface area (Å²) in [5, 5.41) is 2.69. The highest BCUT2D eigenvalue weighted by Gasteiger charge is 2.13. The first-order valence-corrected chi connectivity index (χ1v) is 7.08. The Hall–Kier alpha value is -1.20. The Morgan fingerprint density at radius 3 is 2.63 bits per heavy atom. The van der Waals surface area contributed by atoms with E-state index in [-0.39, 0.29) is 5.56 Å². The number of carbonyl (C=O) groups excluding carboxylic acids is 1. The summed E-state index contributed by atoms with van der Waals surface area (Å²) in [6.07, 6.45) is 0. The van der Waals surface area contributed by atoms with E-state index in [4.69, 9.17) is 0 Å². The highest BCUT2D eigenvalue weighted by molar-refractivity contribution is 9.10. The van der Waals surface area contributed by atoms with E-state index in [9.17, 15) is 9.18 Å². The van der Waals surface area contributed by atoms with Crippen LogP contribution in [0.2, 0.25) is 0 Å². The molecule has 2 rings (SSSR count). The zero-order valence-corrected chi connectivity index (χ0v) is 13.2. The molecule has 0 spiro atoms. The molecule has 0 bridgehead atoms. The molecule has 1 N–H and O–H groups in total. The lowest BCUT2D eigenvalue weighted by Gasteiger charge is -2.09. The molecule has 2 aromatic carbocycles. The zero-order valence-electron chi connectivity index (χ0n) is 10.0. The molecule has 0 fully saturated rings. The van der Waals surface area contributed by atoms with E-state index >= 15 is 0 Å². The van der Waals surface area contributed by atoms with Crippen molar-refractivity contribution in [1.29, 1.82) is 0 Å². The third-order valence-corrected chi connectivity index (χ3v) is 3.73. The van der Waals surface area contributed by atoms with Crippen LogP contribution in [0.1, 0.15) is 15.9 Å². The molecule has 1 amide bonds. The summed E-state index contributed by atoms with van der Waals surface area (Å²) in [6.45, 7) is 1.92. The molecule has 98 valence electrons. The van der Waals surface area contributed by atoms with Crippen molar-refractivity contribution >= 4 is 43.5 Å². The van der Waals surface area contributed by atoms with Crippen LogP contribution in [0.5, 0.6) is 0 Å². The molecule has 0 aliphatic rings. The summed E-state index contributed by atoms with van der Waals surface area (Å²) >= 11 is 6.57. The van der Waals surface area contributed by atoms with Gasteiger partial charge in [-0.1, -0.05) is 22.0 Å². The number of nitrogens with one attached hydrogen (secondary N) is 1. The lowest BCUT2D eigenvalue weighted by atomic mass is 10.2. The summed E-state index contributed by atoms with van der Waals surface area (Å²) in [5.41, 5.74) is 1.63. The fourth-order valence-corrected chi connectivity index (χ4v) is 2.30. The number of hydrogen-bond donors (Lipinski definition) is 1. The number of aryl methyl sites for hydroxylation is 1. The molecule has 0 aromatic heterocycles. The quantitative estimate of drug-likeness (QED) is 0.780. The van der Waals surface area contributed by atoms with Gasteiger partial charge in [-0.15, -0.1) is 0 Å². The van der Waals surface area contributed by atoms with Crippen molar-refractivity contribution in [3.05, 3.63) is 62.3 Å². The Labute approximate surface area is 127 Å². The van der Waals surface area contributed by atoms with Crippen LogP contribution in [-0.2, 0) is 0 Å². The van der Waals surface area contributed by atoms with Gasteiger partial charge in [0.05, 0.1) is 11.3 Å². The molecule has 0 atom stereocenters. The van der Waals surface area contributed by atoms with Gasteiger partial charge in [-0.3, -0.25) is 4.79 Å². The topological polar surface area (TPSA) is 29.1 Å². The smallest absolute Gasteiger partial charge is 0.258 e. The second kappa shape index (κ2) is 5.84. The molecule has 5 heteroatoms. The van der Waals surface area contributed by atoms with Crippen LogP contribution < -0.4 is 5.32 Å². The van der Waals surface area contributed by atoms with E-state index in [1.165, 1.54) is 12.1 Å². The first-order valence-electron chi connectivity index (χ1n) is 5.50. The SMILES string of the molecule is Cc1ccc(Br)c(NC(=O)c2cc(Br)ccc2F)c1. The van der Waals surface area contributed by atoms with E-state index in [2.05, 4.69) is 37.2 Å². The Kier molecular flexibility index (Phi) is 4.37. The van der Waals surface area contributed by atoms with Crippen LogP contribution in [0, 0.1) is 12.7 Å². The number of carbonyl (C=O) groups is 1. The van der Waals surface area contributed by atoms with Crippen LogP contribution in [0.15, 0.2) is 45.3 Å². The normalized spacial score (nSPS) is 10.3. The van der Waals surface area contributed by atoms with Crippen LogP contribution in [-0.4, -0.2) is 5.91 Å². The zero-order chi connectivity index (χ0) is 14.0. The molecule has 0 unspecified atom stereocenters. The number of amides is 1. The van der Waals surface area contributed by atoms with Gasteiger partial charge in [0.2, 0.25) is 0 Å². The highest BCUT2D eigenvalue weighted by Crippen LogP contribution is 2.24. The van der Waals surface area contributed by atoms with Gasteiger partial charge in [-0.25, -0.2) is 4.39 Å². The van der Waals surface area contributed by atoms with Crippen molar-refractivity contribution in [2.45, 2.75) is 6.92 Å². The number of halogens is 3. The Morgan fingerprint density at radius 2 is 1.89 bits per heavy atom. The van der Waals surface area contributed by atoms with Gasteiger partial charge in [0, 0.05) is 8.95 Å². The molecule has 0 saturated carbocycles. The molecule has 2 aromatic rings. The first kappa shape index (κ1) is 14.2. The molecular formula is C14H10Br2FNO. The molecule has 0 aliphatic heterocycles. The maximum Gasteiger partial charge on any atom is 0.258 e. The maximum absolute atomic E-state index is 13.6. The van der Waals surface area contributed by atoms with Gasteiger partial charge < -0.3 is 5.32 Å². The average molecular weight is 387 g/mol. The minimum absolute atomic E-state index is 0.00258. The van der Waals surface area contributed by atoms with E-state index in [1.54, 1.807) is 6.07 Å². The maximum atomic E-state index is 13.6. The average Bonchev–Trinajstić information content (AvgIpc) is 2.36. The summed E-state index contributed by atoms with van der Waals surface area (Å²) in [5.74, 6) is -1.03. The predicted molar refractivity (Wildman–Crippen MR) is 80.9 cm³/mol. The molecule has 2 nitrogen and oxygen atoms in total. The van der Waals surface area contributed by atoms with Crippen molar-refractivity contribution in [3.63, 3.8) is 0 Å². The van der Waals surface area contributed by atoms with Crippen LogP contribution >= 0.6 is 31.9 Å². The van der Waals surface area contributed by atoms with E-state index < -0.39 is 11.7 Å². The van der Waals surface area contributed by atoms with Gasteiger partial charge in [0.15, 0.2) is 0 Å². The van der Waals surface area contributed by atoms with Crippen LogP contribution in [0.4, 0.5) is 10.1 Å². The second-order valence-electron chi connectivity index (χ2n) is 4.06. The second-order valence-corrected chi connectivity index (χ2v) is 5.83. The van der Waals surface area contributed by atoms with Crippen molar-refractivity contribution < 1.29 is 9.18 Å². The predicted octanol–water partition coefficient (Wildman–Crippen LogP) is 4.91. The summed E-state index contributed by atoms with van der Waals surface area (Å²) in [7, 11) is 0. The van der Waals surface area contributed by atoms with Crippen LogP contribution in [0.25, 0.3) is 0 Å². The van der Waals surface area contributed by atoms with Gasteiger partial charge in [-0.05, 0) is 58.7 Å². The van der Waals surface area contributed by atoms with E-state index in [0.29, 0.717) is 10.2 Å². The number of rotatable bonds is 2. The lowest BCUT2D eigenvalue weighted by Crippen LogP contribution is -2.14. The van der Waals surface area contributed by atoms with Gasteiger partial charge in [0.25, 0.3) is 5.91 Å². The third-order valence-electron chi connectivity index (χ3n) is 2.54. The molecule has 19 heavy (non-hydrogen) atoms. The fourth-order valence-electron chi connectivity index (χ4n) is 1.60. The molecule has 0 heterocycles. The standard InChI is InChI=1S/C14H10Br2FNO/c1-8-2-4-11(16)13(6-8)18-14(19)10-7-9(15)3-5-12(10)17/h2-7H,1H3,(H,18,19). The third kappa shape index (κ3) is 3.42. The van der Waals surface area contributed by atoms with Crippen LogP contribution in [0.3, 0.4) is 0 Å². The molecule has 0 radical (unpaired) electrons. The summed E-state index contributed by atoms with van der Waals surface area (Å²) in [6, 6.07) is 9.83. The number of benzene rings is 2. The number of hydrogen-bond acceptors (Lipinski definition) is 1. The van der Waals surface area contributed by atoms with Crippen molar-refractivity contribution in [2.24, 2.45) is 0 Å². The molecule has 0 aliphatic carbocycles. The van der Waals surface area contributed by atoms with Crippen molar-refractivity contribution in [2.75, 3.05) is 5.32 Å². The Bertz CT molecular complexity index is 643. The monoisotopic (exact) mass is 385 g/mol. The van der Waals surface area contributed by atoms with E-state index in [1.807, 2.05) is 25.1 Å². The first-order chi connectivity index (χ1) is 8.97. The number of anilines is 1. The largest absolute Gasteiger partial charge is 0.321 e. The summed E-state index contributed by atoms with van der Waals surface area (Å²) < 4.78 is 15.0. The van der Waals surface area contributed by atoms with Gasteiger partial charge >= 0.3 is 0 Å². The lowest BCUT2D eigenvalue weighted by molar-refractivity contribution is 0.102. The molecule has 0 saturated heterocycles. The van der Waals surface area contributed by atoms with E-state index in [0.717, 1.165) is 10.0 Å². The molecular weight excluding hydrogens is 377 g/mol. The fraction of sp³-hybridized carbons (Fsp3) is 0.0714. The van der Waals surface area contributed by atoms with Crippen molar-refractivity contribution in [3.8, 4) is 0 Å². The highest BCUT2D eigenvalue weighted by atomic mass is 79.9. The van der Waals surface area contributed by atoms with Crippen molar-refractivity contribution in [1.82, 2.24) is 0 Å². The Balaban J connectivity index is 2.30. The minimum Gasteiger partial charge on any atom is -0.321 e. The minimum atomic E-state index is -0.551. The summed E-state index contributed by atoms with van der Waals surface area (Å²) in [4.78, 5) is 12.1. The Morgan fingerprint density at radius 1 is 1.16 bits per heavy atom.